The summed E-state index contributed by atoms with van der Waals surface area (Å²) in [6, 6.07) is 4.62. The van der Waals surface area contributed by atoms with Crippen LogP contribution in [-0.4, -0.2) is 17.8 Å². The Balaban J connectivity index is 2.42. The van der Waals surface area contributed by atoms with Gasteiger partial charge in [0.2, 0.25) is 5.88 Å². The molecule has 3 nitrogen and oxygen atoms in total. The molecule has 0 fully saturated rings. The number of rotatable bonds is 3. The number of alkyl halides is 3. The number of pyridine rings is 1. The van der Waals surface area contributed by atoms with E-state index in [2.05, 4.69) is 4.98 Å². The van der Waals surface area contributed by atoms with Crippen LogP contribution < -0.4 is 4.74 Å². The Bertz CT molecular complexity index is 353. The summed E-state index contributed by atoms with van der Waals surface area (Å²) in [5.74, 6) is 0.0817. The summed E-state index contributed by atoms with van der Waals surface area (Å²) >= 11 is 0. The molecular weight excluding hydrogens is 209 g/mol. The van der Waals surface area contributed by atoms with Crippen LogP contribution in [-0.2, 0) is 0 Å². The highest BCUT2D eigenvalue weighted by Gasteiger charge is 2.26. The lowest BCUT2D eigenvalue weighted by Crippen LogP contribution is -2.13. The van der Waals surface area contributed by atoms with Gasteiger partial charge in [-0.05, 0) is 6.07 Å². The van der Waals surface area contributed by atoms with Gasteiger partial charge >= 0.3 is 6.18 Å². The molecule has 0 radical (unpaired) electrons. The van der Waals surface area contributed by atoms with Crippen molar-refractivity contribution in [2.45, 2.75) is 12.6 Å². The zero-order valence-electron chi connectivity index (χ0n) is 7.58. The standard InChI is InChI=1S/C9H7F3N2O/c10-9(11,12)3-4-15-8-2-1-7(5-13)6-14-8/h1-2,6H,3-4H2. The predicted molar refractivity (Wildman–Crippen MR) is 45.1 cm³/mol. The predicted octanol–water partition coefficient (Wildman–Crippen LogP) is 2.28. The SMILES string of the molecule is N#Cc1ccc(OCCC(F)(F)F)nc1. The van der Waals surface area contributed by atoms with E-state index >= 15 is 0 Å². The Labute approximate surface area is 84.1 Å². The second kappa shape index (κ2) is 4.64. The van der Waals surface area contributed by atoms with E-state index in [1.807, 2.05) is 6.07 Å². The van der Waals surface area contributed by atoms with E-state index in [1.54, 1.807) is 0 Å². The largest absolute Gasteiger partial charge is 0.477 e. The molecule has 0 spiro atoms. The average molecular weight is 216 g/mol. The fraction of sp³-hybridized carbons (Fsp3) is 0.333. The molecule has 0 bridgehead atoms. The fourth-order valence-corrected chi connectivity index (χ4v) is 0.803. The van der Waals surface area contributed by atoms with E-state index in [4.69, 9.17) is 10.00 Å². The molecule has 1 rings (SSSR count). The monoisotopic (exact) mass is 216 g/mol. The summed E-state index contributed by atoms with van der Waals surface area (Å²) < 4.78 is 39.9. The second-order valence-electron chi connectivity index (χ2n) is 2.71. The number of nitrogens with zero attached hydrogens (tertiary/aromatic N) is 2. The van der Waals surface area contributed by atoms with Gasteiger partial charge in [-0.3, -0.25) is 0 Å². The van der Waals surface area contributed by atoms with Crippen LogP contribution in [0.5, 0.6) is 5.88 Å². The van der Waals surface area contributed by atoms with Crippen LogP contribution in [0.3, 0.4) is 0 Å². The van der Waals surface area contributed by atoms with Crippen molar-refractivity contribution in [3.8, 4) is 11.9 Å². The summed E-state index contributed by atoms with van der Waals surface area (Å²) in [6.07, 6.45) is -4.01. The number of hydrogen-bond donors (Lipinski definition) is 0. The smallest absolute Gasteiger partial charge is 0.392 e. The fourth-order valence-electron chi connectivity index (χ4n) is 0.803. The van der Waals surface area contributed by atoms with E-state index in [1.165, 1.54) is 18.3 Å². The third-order valence-corrected chi connectivity index (χ3v) is 1.50. The van der Waals surface area contributed by atoms with Crippen molar-refractivity contribution < 1.29 is 17.9 Å². The van der Waals surface area contributed by atoms with Crippen LogP contribution in [0.15, 0.2) is 18.3 Å². The van der Waals surface area contributed by atoms with Crippen LogP contribution in [0, 0.1) is 11.3 Å². The van der Waals surface area contributed by atoms with E-state index < -0.39 is 19.2 Å². The molecule has 0 amide bonds. The lowest BCUT2D eigenvalue weighted by atomic mass is 10.3. The van der Waals surface area contributed by atoms with Crippen LogP contribution in [0.25, 0.3) is 0 Å². The van der Waals surface area contributed by atoms with Crippen molar-refractivity contribution in [2.75, 3.05) is 6.61 Å². The van der Waals surface area contributed by atoms with Crippen molar-refractivity contribution >= 4 is 0 Å². The van der Waals surface area contributed by atoms with E-state index in [0.717, 1.165) is 0 Å². The lowest BCUT2D eigenvalue weighted by molar-refractivity contribution is -0.139. The number of ether oxygens (including phenoxy) is 1. The molecule has 0 aliphatic rings. The van der Waals surface area contributed by atoms with Gasteiger partial charge in [0.25, 0.3) is 0 Å². The molecule has 0 aliphatic carbocycles. The third-order valence-electron chi connectivity index (χ3n) is 1.50. The van der Waals surface area contributed by atoms with E-state index in [0.29, 0.717) is 5.56 Å². The molecule has 1 heterocycles. The highest BCUT2D eigenvalue weighted by atomic mass is 19.4. The molecule has 0 saturated carbocycles. The van der Waals surface area contributed by atoms with Crippen molar-refractivity contribution in [1.82, 2.24) is 4.98 Å². The van der Waals surface area contributed by atoms with Crippen LogP contribution in [0.1, 0.15) is 12.0 Å². The Morgan fingerprint density at radius 2 is 2.13 bits per heavy atom. The highest BCUT2D eigenvalue weighted by molar-refractivity contribution is 5.28. The zero-order chi connectivity index (χ0) is 11.3. The van der Waals surface area contributed by atoms with Crippen molar-refractivity contribution in [2.24, 2.45) is 0 Å². The molecule has 80 valence electrons. The summed E-state index contributed by atoms with van der Waals surface area (Å²) in [6.45, 7) is -0.470. The van der Waals surface area contributed by atoms with Crippen LogP contribution in [0.2, 0.25) is 0 Å². The first kappa shape index (κ1) is 11.3. The first-order valence-corrected chi connectivity index (χ1v) is 4.07. The maximum atomic E-state index is 11.7. The molecule has 1 aromatic rings. The summed E-state index contributed by atoms with van der Waals surface area (Å²) in [7, 11) is 0. The van der Waals surface area contributed by atoms with Gasteiger partial charge < -0.3 is 4.74 Å². The van der Waals surface area contributed by atoms with Gasteiger partial charge in [-0.1, -0.05) is 0 Å². The summed E-state index contributed by atoms with van der Waals surface area (Å²) in [5, 5.41) is 8.43. The molecule has 0 aliphatic heterocycles. The second-order valence-corrected chi connectivity index (χ2v) is 2.71. The van der Waals surface area contributed by atoms with Crippen LogP contribution >= 0.6 is 0 Å². The Kier molecular flexibility index (Phi) is 3.50. The zero-order valence-corrected chi connectivity index (χ0v) is 7.58. The third kappa shape index (κ3) is 4.31. The highest BCUT2D eigenvalue weighted by Crippen LogP contribution is 2.19. The van der Waals surface area contributed by atoms with Gasteiger partial charge in [0.05, 0.1) is 18.6 Å². The minimum atomic E-state index is -4.23. The number of hydrogen-bond acceptors (Lipinski definition) is 3. The number of aromatic nitrogens is 1. The summed E-state index contributed by atoms with van der Waals surface area (Å²) in [5.41, 5.74) is 0.332. The Morgan fingerprint density at radius 1 is 1.40 bits per heavy atom. The molecule has 0 N–H and O–H groups in total. The molecule has 15 heavy (non-hydrogen) atoms. The summed E-state index contributed by atoms with van der Waals surface area (Å²) in [4.78, 5) is 3.66. The normalized spacial score (nSPS) is 10.8. The topological polar surface area (TPSA) is 45.9 Å². The number of nitriles is 1. The molecular formula is C9H7F3N2O. The first-order chi connectivity index (χ1) is 7.01. The van der Waals surface area contributed by atoms with Gasteiger partial charge in [-0.25, -0.2) is 4.98 Å². The van der Waals surface area contributed by atoms with Gasteiger partial charge in [0.15, 0.2) is 0 Å². The maximum Gasteiger partial charge on any atom is 0.392 e. The minimum absolute atomic E-state index is 0.0817. The molecule has 1 aromatic heterocycles. The molecule has 6 heteroatoms. The Morgan fingerprint density at radius 3 is 2.60 bits per heavy atom. The average Bonchev–Trinajstić information content (AvgIpc) is 2.17. The molecule has 0 atom stereocenters. The first-order valence-electron chi connectivity index (χ1n) is 4.07. The van der Waals surface area contributed by atoms with Crippen molar-refractivity contribution in [3.05, 3.63) is 23.9 Å². The number of halogens is 3. The van der Waals surface area contributed by atoms with Gasteiger partial charge in [0, 0.05) is 12.3 Å². The Hall–Kier alpha value is -1.77. The lowest BCUT2D eigenvalue weighted by Gasteiger charge is -2.07. The van der Waals surface area contributed by atoms with Gasteiger partial charge in [-0.15, -0.1) is 0 Å². The molecule has 0 saturated heterocycles. The minimum Gasteiger partial charge on any atom is -0.477 e. The van der Waals surface area contributed by atoms with Gasteiger partial charge in [0.1, 0.15) is 6.07 Å². The van der Waals surface area contributed by atoms with E-state index in [-0.39, 0.29) is 5.88 Å². The van der Waals surface area contributed by atoms with Crippen LogP contribution in [0.4, 0.5) is 13.2 Å². The van der Waals surface area contributed by atoms with Crippen molar-refractivity contribution in [1.29, 1.82) is 5.26 Å². The molecule has 0 unspecified atom stereocenters. The van der Waals surface area contributed by atoms with Gasteiger partial charge in [-0.2, -0.15) is 18.4 Å². The quantitative estimate of drug-likeness (QED) is 0.778. The van der Waals surface area contributed by atoms with E-state index in [9.17, 15) is 13.2 Å². The maximum absolute atomic E-state index is 11.7. The van der Waals surface area contributed by atoms with Crippen molar-refractivity contribution in [3.63, 3.8) is 0 Å². The molecule has 0 aromatic carbocycles.